The number of rotatable bonds is 6. The second-order valence-corrected chi connectivity index (χ2v) is 19.2. The molecule has 0 unspecified atom stereocenters. The molecule has 5 heterocycles. The van der Waals surface area contributed by atoms with Crippen molar-refractivity contribution in [2.45, 2.75) is 84.9 Å². The van der Waals surface area contributed by atoms with Crippen molar-refractivity contribution in [3.05, 3.63) is 106 Å². The van der Waals surface area contributed by atoms with Gasteiger partial charge >= 0.3 is 29.0 Å². The number of carbonyl (C=O) groups is 1. The molecule has 16 heteroatoms. The van der Waals surface area contributed by atoms with Gasteiger partial charge in [-0.25, -0.2) is 14.8 Å². The number of hydrogen-bond donors (Lipinski definition) is 3. The minimum absolute atomic E-state index is 0. The Labute approximate surface area is 409 Å². The molecule has 4 aromatic rings. The van der Waals surface area contributed by atoms with Gasteiger partial charge in [-0.15, -0.1) is 0 Å². The van der Waals surface area contributed by atoms with Gasteiger partial charge in [0.15, 0.2) is 11.1 Å². The number of nitrogens with zero attached hydrogens (tertiary/aromatic N) is 2. The molecule has 0 aromatic heterocycles. The van der Waals surface area contributed by atoms with Crippen LogP contribution < -0.4 is 47.4 Å². The van der Waals surface area contributed by atoms with Gasteiger partial charge in [0.1, 0.15) is 47.7 Å². The maximum absolute atomic E-state index is 12.1. The summed E-state index contributed by atoms with van der Waals surface area (Å²) in [4.78, 5) is 21.4. The molecule has 1 fully saturated rings. The maximum atomic E-state index is 12.1. The average molecular weight is 970 g/mol. The maximum Gasteiger partial charge on any atom is 2.00 e. The van der Waals surface area contributed by atoms with E-state index in [-0.39, 0.29) is 77.5 Å². The molecule has 346 valence electrons. The van der Waals surface area contributed by atoms with Crippen molar-refractivity contribution in [1.29, 1.82) is 0 Å². The Balaban J connectivity index is 0.000000250. The van der Waals surface area contributed by atoms with Gasteiger partial charge in [0.25, 0.3) is 12.0 Å². The van der Waals surface area contributed by atoms with Crippen LogP contribution in [0.1, 0.15) is 108 Å². The third-order valence-electron chi connectivity index (χ3n) is 10.8. The minimum Gasteiger partial charge on any atom is -1.00 e. The number of fused-ring (bicyclic) bond motifs is 8. The fraction of sp³-hybridized carbons (Fsp3) is 0.449. The Bertz CT molecular complexity index is 2420. The van der Waals surface area contributed by atoms with Gasteiger partial charge in [0.2, 0.25) is 0 Å². The molecular weight excluding hydrogens is 909 g/mol. The normalized spacial score (nSPS) is 19.7. The first-order chi connectivity index (χ1) is 29.7. The van der Waals surface area contributed by atoms with Gasteiger partial charge in [-0.1, -0.05) is 47.6 Å². The number of amidine groups is 2. The van der Waals surface area contributed by atoms with Crippen molar-refractivity contribution < 1.29 is 66.2 Å². The molecule has 0 bridgehead atoms. The Morgan fingerprint density at radius 1 is 0.677 bits per heavy atom. The summed E-state index contributed by atoms with van der Waals surface area (Å²) in [5.41, 5.74) is 13.4. The second kappa shape index (κ2) is 20.0. The van der Waals surface area contributed by atoms with E-state index >= 15 is 0 Å². The van der Waals surface area contributed by atoms with Crippen LogP contribution in [0.4, 0.5) is 0 Å². The molecule has 2 spiro atoms. The van der Waals surface area contributed by atoms with Crippen LogP contribution in [0.2, 0.25) is 0 Å². The summed E-state index contributed by atoms with van der Waals surface area (Å²) in [5, 5.41) is 10.5. The number of aliphatic hydroxyl groups is 1. The zero-order valence-electron chi connectivity index (χ0n) is 39.8. The smallest absolute Gasteiger partial charge is 1.00 e. The van der Waals surface area contributed by atoms with E-state index in [1.54, 1.807) is 32.0 Å². The summed E-state index contributed by atoms with van der Waals surface area (Å²) >= 11 is 0. The predicted molar refractivity (Wildman–Crippen MR) is 246 cm³/mol. The Morgan fingerprint density at radius 2 is 1.09 bits per heavy atom. The average Bonchev–Trinajstić information content (AvgIpc) is 4.03. The number of benzene rings is 4. The van der Waals surface area contributed by atoms with Gasteiger partial charge in [0.05, 0.1) is 31.5 Å². The quantitative estimate of drug-likeness (QED) is 0.171. The first kappa shape index (κ1) is 51.2. The van der Waals surface area contributed by atoms with E-state index in [4.69, 9.17) is 54.4 Å². The third-order valence-corrected chi connectivity index (χ3v) is 10.8. The summed E-state index contributed by atoms with van der Waals surface area (Å²) in [7, 11) is 1.34. The number of ether oxygens (including phenoxy) is 8. The van der Waals surface area contributed by atoms with Crippen LogP contribution >= 0.6 is 0 Å². The van der Waals surface area contributed by atoms with Crippen molar-refractivity contribution in [3.63, 3.8) is 0 Å². The molecule has 0 saturated carbocycles. The van der Waals surface area contributed by atoms with Gasteiger partial charge < -0.3 is 72.9 Å². The van der Waals surface area contributed by atoms with Gasteiger partial charge in [-0.2, -0.15) is 0 Å². The van der Waals surface area contributed by atoms with Crippen LogP contribution in [0, 0.1) is 10.8 Å². The van der Waals surface area contributed by atoms with E-state index in [1.807, 2.05) is 54.6 Å². The number of halogens is 1. The first-order valence-electron chi connectivity index (χ1n) is 21.2. The zero-order chi connectivity index (χ0) is 45.4. The SMILES string of the molecule is C1CCOC1.CC(C)(C)COc1ccc2c(c1)[C@]1(COC(N)=N1)c1cc(C(C)(C)O)ccc1O2.COC(=O)c1ccc2c(c1)[C@@]1(COC(N)=N1)c1cc(OCC(C)(C)C)ccc1O2.[Br-].[H-].[Mg+2]. The fourth-order valence-corrected chi connectivity index (χ4v) is 7.58. The third kappa shape index (κ3) is 11.4. The molecule has 9 rings (SSSR count). The topological polar surface area (TPSA) is 188 Å². The molecule has 5 aliphatic heterocycles. The van der Waals surface area contributed by atoms with Crippen LogP contribution in [0.5, 0.6) is 34.5 Å². The molecule has 65 heavy (non-hydrogen) atoms. The first-order valence-corrected chi connectivity index (χ1v) is 21.2. The zero-order valence-corrected chi connectivity index (χ0v) is 41.8. The molecule has 0 radical (unpaired) electrons. The van der Waals surface area contributed by atoms with Gasteiger partial charge in [0, 0.05) is 35.5 Å². The Hall–Kier alpha value is -4.74. The van der Waals surface area contributed by atoms with E-state index in [0.717, 1.165) is 41.2 Å². The second-order valence-electron chi connectivity index (χ2n) is 19.2. The van der Waals surface area contributed by atoms with Crippen molar-refractivity contribution in [1.82, 2.24) is 0 Å². The summed E-state index contributed by atoms with van der Waals surface area (Å²) in [6.45, 7) is 19.8. The predicted octanol–water partition coefficient (Wildman–Crippen LogP) is 5.16. The van der Waals surface area contributed by atoms with Crippen molar-refractivity contribution in [2.24, 2.45) is 32.3 Å². The summed E-state index contributed by atoms with van der Waals surface area (Å²) in [6, 6.07) is 22.4. The Kier molecular flexibility index (Phi) is 15.8. The number of esters is 1. The summed E-state index contributed by atoms with van der Waals surface area (Å²) in [6.07, 6.45) is 2.56. The van der Waals surface area contributed by atoms with Crippen molar-refractivity contribution >= 4 is 41.1 Å². The summed E-state index contributed by atoms with van der Waals surface area (Å²) in [5.74, 6) is 3.62. The van der Waals surface area contributed by atoms with Crippen LogP contribution in [0.3, 0.4) is 0 Å². The number of hydrogen-bond acceptors (Lipinski definition) is 14. The molecule has 5 N–H and O–H groups in total. The van der Waals surface area contributed by atoms with Crippen LogP contribution in [-0.2, 0) is 35.6 Å². The summed E-state index contributed by atoms with van der Waals surface area (Å²) < 4.78 is 45.2. The molecule has 14 nitrogen and oxygen atoms in total. The van der Waals surface area contributed by atoms with Crippen LogP contribution in [0.25, 0.3) is 0 Å². The standard InChI is InChI=1S/C23H28N2O4.C22H24N2O5.C4H8O.BrH.Mg.H/c1-21(2,3)12-27-15-7-9-19-17(11-15)23(13-28-20(24)25-23)16-10-14(22(4,5)26)6-8-18(16)29-19;1-21(2,3)11-27-14-6-8-18-16(10-14)22(12-28-20(23)24-22)15-9-13(19(25)26-4)5-7-17(15)29-18;1-2-4-5-3-1;;;/h6-11,26H,12-13H2,1-5H3,(H2,24,25);5-10H,11-12H2,1-4H3,(H2,23,24);1-4H2;1H;;/q;;;;+2;-1/p-1/t23-;22-;;;;/m00..../s1. The van der Waals surface area contributed by atoms with Crippen molar-refractivity contribution in [3.8, 4) is 34.5 Å². The minimum atomic E-state index is -0.997. The van der Waals surface area contributed by atoms with E-state index in [1.165, 1.54) is 20.0 Å². The molecule has 5 aliphatic rings. The number of methoxy groups -OCH3 is 1. The largest absolute Gasteiger partial charge is 2.00 e. The number of aliphatic imine (C=N–C) groups is 2. The van der Waals surface area contributed by atoms with Crippen molar-refractivity contribution in [2.75, 3.05) is 46.8 Å². The monoisotopic (exact) mass is 968 g/mol. The molecular formula is C49H61BrMgN4O10. The van der Waals surface area contributed by atoms with Gasteiger partial charge in [-0.05, 0) is 110 Å². The van der Waals surface area contributed by atoms with E-state index in [0.29, 0.717) is 53.1 Å². The molecule has 0 aliphatic carbocycles. The van der Waals surface area contributed by atoms with E-state index in [2.05, 4.69) is 46.5 Å². The van der Waals surface area contributed by atoms with Gasteiger partial charge in [-0.3, -0.25) is 0 Å². The molecule has 2 atom stereocenters. The molecule has 1 saturated heterocycles. The number of carbonyl (C=O) groups excluding carboxylic acids is 1. The Morgan fingerprint density at radius 3 is 1.46 bits per heavy atom. The van der Waals surface area contributed by atoms with Crippen LogP contribution in [-0.4, -0.2) is 92.9 Å². The molecule has 4 aromatic carbocycles. The number of nitrogens with two attached hydrogens (primary N) is 2. The van der Waals surface area contributed by atoms with E-state index < -0.39 is 22.6 Å². The fourth-order valence-electron chi connectivity index (χ4n) is 7.58. The molecule has 0 amide bonds. The van der Waals surface area contributed by atoms with Crippen LogP contribution in [0.15, 0.2) is 82.8 Å². The van der Waals surface area contributed by atoms with E-state index in [9.17, 15) is 9.90 Å².